The minimum atomic E-state index is -0.100. The molecule has 2 N–H and O–H groups in total. The molecule has 0 spiro atoms. The van der Waals surface area contributed by atoms with Crippen molar-refractivity contribution >= 4 is 5.78 Å². The fourth-order valence-corrected chi connectivity index (χ4v) is 2.00. The number of hydrogen-bond acceptors (Lipinski definition) is 4. The molecule has 0 aliphatic carbocycles. The summed E-state index contributed by atoms with van der Waals surface area (Å²) in [5.41, 5.74) is 6.92. The predicted octanol–water partition coefficient (Wildman–Crippen LogP) is 2.18. The zero-order chi connectivity index (χ0) is 13.7. The average molecular weight is 251 g/mol. The van der Waals surface area contributed by atoms with Crippen LogP contribution in [0.15, 0.2) is 12.1 Å². The van der Waals surface area contributed by atoms with Gasteiger partial charge in [-0.05, 0) is 32.0 Å². The predicted molar refractivity (Wildman–Crippen MR) is 71.4 cm³/mol. The summed E-state index contributed by atoms with van der Waals surface area (Å²) in [5.74, 6) is 1.26. The normalized spacial score (nSPS) is 12.1. The molecule has 0 heterocycles. The molecule has 0 radical (unpaired) electrons. The molecule has 0 bridgehead atoms. The summed E-state index contributed by atoms with van der Waals surface area (Å²) < 4.78 is 10.6. The van der Waals surface area contributed by atoms with Crippen LogP contribution in [-0.4, -0.2) is 26.5 Å². The highest BCUT2D eigenvalue weighted by Gasteiger charge is 2.21. The first-order valence-electron chi connectivity index (χ1n) is 6.02. The number of nitrogens with two attached hydrogens (primary N) is 1. The van der Waals surface area contributed by atoms with Crippen LogP contribution in [0.25, 0.3) is 0 Å². The molecule has 0 saturated carbocycles. The summed E-state index contributed by atoms with van der Waals surface area (Å²) in [4.78, 5) is 12.3. The molecule has 1 unspecified atom stereocenters. The Labute approximate surface area is 108 Å². The van der Waals surface area contributed by atoms with E-state index in [1.54, 1.807) is 26.4 Å². The van der Waals surface area contributed by atoms with Gasteiger partial charge in [0.25, 0.3) is 0 Å². The van der Waals surface area contributed by atoms with Gasteiger partial charge in [0.15, 0.2) is 5.78 Å². The van der Waals surface area contributed by atoms with E-state index >= 15 is 0 Å². The Morgan fingerprint density at radius 1 is 1.33 bits per heavy atom. The maximum Gasteiger partial charge on any atom is 0.169 e. The maximum atomic E-state index is 12.3. The highest BCUT2D eigenvalue weighted by molar-refractivity contribution is 6.00. The Bertz CT molecular complexity index is 429. The molecule has 0 aliphatic heterocycles. The van der Waals surface area contributed by atoms with E-state index < -0.39 is 0 Å². The van der Waals surface area contributed by atoms with Crippen molar-refractivity contribution in [2.75, 3.05) is 20.8 Å². The van der Waals surface area contributed by atoms with Crippen LogP contribution in [0, 0.1) is 12.8 Å². The molecular formula is C14H21NO3. The largest absolute Gasteiger partial charge is 0.496 e. The number of methoxy groups -OCH3 is 2. The molecule has 1 rings (SSSR count). The summed E-state index contributed by atoms with van der Waals surface area (Å²) in [6.45, 7) is 4.26. The van der Waals surface area contributed by atoms with Crippen LogP contribution in [0.2, 0.25) is 0 Å². The van der Waals surface area contributed by atoms with E-state index in [1.165, 1.54) is 0 Å². The Kier molecular flexibility index (Phi) is 5.16. The number of rotatable bonds is 6. The maximum absolute atomic E-state index is 12.3. The van der Waals surface area contributed by atoms with Gasteiger partial charge in [0.05, 0.1) is 19.8 Å². The van der Waals surface area contributed by atoms with E-state index in [0.29, 0.717) is 24.3 Å². The highest BCUT2D eigenvalue weighted by Crippen LogP contribution is 2.32. The van der Waals surface area contributed by atoms with E-state index in [-0.39, 0.29) is 11.7 Å². The standard InChI is InChI=1S/C14H21NO3/c1-9(7-8-15)13(16)11-5-6-12(17-3)10(2)14(11)18-4/h5-6,9H,7-8,15H2,1-4H3. The fourth-order valence-electron chi connectivity index (χ4n) is 2.00. The number of hydrogen-bond donors (Lipinski definition) is 1. The molecular weight excluding hydrogens is 230 g/mol. The lowest BCUT2D eigenvalue weighted by Crippen LogP contribution is -2.17. The molecule has 18 heavy (non-hydrogen) atoms. The highest BCUT2D eigenvalue weighted by atomic mass is 16.5. The second-order valence-corrected chi connectivity index (χ2v) is 4.32. The van der Waals surface area contributed by atoms with Gasteiger partial charge < -0.3 is 15.2 Å². The number of carbonyl (C=O) groups excluding carboxylic acids is 1. The van der Waals surface area contributed by atoms with Crippen LogP contribution in [0.1, 0.15) is 29.3 Å². The van der Waals surface area contributed by atoms with Crippen LogP contribution < -0.4 is 15.2 Å². The molecule has 1 atom stereocenters. The molecule has 0 saturated heterocycles. The van der Waals surface area contributed by atoms with E-state index in [9.17, 15) is 4.79 Å². The molecule has 1 aromatic rings. The molecule has 0 fully saturated rings. The van der Waals surface area contributed by atoms with Gasteiger partial charge in [-0.15, -0.1) is 0 Å². The Balaban J connectivity index is 3.17. The summed E-state index contributed by atoms with van der Waals surface area (Å²) in [6, 6.07) is 3.54. The first-order valence-corrected chi connectivity index (χ1v) is 6.02. The van der Waals surface area contributed by atoms with Crippen molar-refractivity contribution in [3.05, 3.63) is 23.3 Å². The third-order valence-corrected chi connectivity index (χ3v) is 3.09. The summed E-state index contributed by atoms with van der Waals surface area (Å²) in [5, 5.41) is 0. The van der Waals surface area contributed by atoms with Gasteiger partial charge in [0, 0.05) is 11.5 Å². The van der Waals surface area contributed by atoms with Crippen LogP contribution in [0.3, 0.4) is 0 Å². The number of ketones is 1. The van der Waals surface area contributed by atoms with Crippen molar-refractivity contribution in [2.24, 2.45) is 11.7 Å². The van der Waals surface area contributed by atoms with Crippen molar-refractivity contribution in [1.29, 1.82) is 0 Å². The van der Waals surface area contributed by atoms with Crippen LogP contribution in [-0.2, 0) is 0 Å². The van der Waals surface area contributed by atoms with E-state index in [4.69, 9.17) is 15.2 Å². The number of carbonyl (C=O) groups is 1. The van der Waals surface area contributed by atoms with Gasteiger partial charge in [-0.1, -0.05) is 6.92 Å². The minimum Gasteiger partial charge on any atom is -0.496 e. The van der Waals surface area contributed by atoms with Gasteiger partial charge >= 0.3 is 0 Å². The van der Waals surface area contributed by atoms with Crippen LogP contribution in [0.4, 0.5) is 0 Å². The SMILES string of the molecule is COc1ccc(C(=O)C(C)CCN)c(OC)c1C. The Morgan fingerprint density at radius 2 is 2.00 bits per heavy atom. The first-order chi connectivity index (χ1) is 8.56. The van der Waals surface area contributed by atoms with Crippen LogP contribution >= 0.6 is 0 Å². The lowest BCUT2D eigenvalue weighted by atomic mass is 9.94. The molecule has 1 aromatic carbocycles. The summed E-state index contributed by atoms with van der Waals surface area (Å²) in [7, 11) is 3.16. The van der Waals surface area contributed by atoms with E-state index in [0.717, 1.165) is 11.3 Å². The van der Waals surface area contributed by atoms with Crippen molar-refractivity contribution in [2.45, 2.75) is 20.3 Å². The second-order valence-electron chi connectivity index (χ2n) is 4.32. The van der Waals surface area contributed by atoms with E-state index in [2.05, 4.69) is 0 Å². The number of ether oxygens (including phenoxy) is 2. The van der Waals surface area contributed by atoms with Gasteiger partial charge in [0.2, 0.25) is 0 Å². The Morgan fingerprint density at radius 3 is 2.50 bits per heavy atom. The number of benzene rings is 1. The Hall–Kier alpha value is -1.55. The topological polar surface area (TPSA) is 61.5 Å². The van der Waals surface area contributed by atoms with Crippen molar-refractivity contribution in [3.8, 4) is 11.5 Å². The molecule has 0 aliphatic rings. The van der Waals surface area contributed by atoms with Gasteiger partial charge in [-0.3, -0.25) is 4.79 Å². The van der Waals surface area contributed by atoms with Crippen molar-refractivity contribution in [1.82, 2.24) is 0 Å². The third-order valence-electron chi connectivity index (χ3n) is 3.09. The zero-order valence-corrected chi connectivity index (χ0v) is 11.4. The molecule has 0 aromatic heterocycles. The van der Waals surface area contributed by atoms with Crippen molar-refractivity contribution in [3.63, 3.8) is 0 Å². The second kappa shape index (κ2) is 6.40. The summed E-state index contributed by atoms with van der Waals surface area (Å²) in [6.07, 6.45) is 0.674. The number of Topliss-reactive ketones (excluding diaryl/α,β-unsaturated/α-hetero) is 1. The van der Waals surface area contributed by atoms with Gasteiger partial charge in [0.1, 0.15) is 11.5 Å². The lowest BCUT2D eigenvalue weighted by Gasteiger charge is -2.16. The summed E-state index contributed by atoms with van der Waals surface area (Å²) >= 11 is 0. The first kappa shape index (κ1) is 14.5. The quantitative estimate of drug-likeness (QED) is 0.787. The average Bonchev–Trinajstić information content (AvgIpc) is 2.37. The molecule has 100 valence electrons. The van der Waals surface area contributed by atoms with Gasteiger partial charge in [-0.25, -0.2) is 0 Å². The van der Waals surface area contributed by atoms with Crippen molar-refractivity contribution < 1.29 is 14.3 Å². The fraction of sp³-hybridized carbons (Fsp3) is 0.500. The zero-order valence-electron chi connectivity index (χ0n) is 11.4. The van der Waals surface area contributed by atoms with Gasteiger partial charge in [-0.2, -0.15) is 0 Å². The monoisotopic (exact) mass is 251 g/mol. The smallest absolute Gasteiger partial charge is 0.169 e. The molecule has 4 heteroatoms. The van der Waals surface area contributed by atoms with Crippen LogP contribution in [0.5, 0.6) is 11.5 Å². The molecule has 0 amide bonds. The van der Waals surface area contributed by atoms with E-state index in [1.807, 2.05) is 13.8 Å². The molecule has 4 nitrogen and oxygen atoms in total. The lowest BCUT2D eigenvalue weighted by molar-refractivity contribution is 0.0922. The third kappa shape index (κ3) is 2.82. The minimum absolute atomic E-state index is 0.0584.